The monoisotopic (exact) mass is 286 g/mol. The first-order chi connectivity index (χ1) is 8.86. The Morgan fingerprint density at radius 3 is 2.74 bits per heavy atom. The summed E-state index contributed by atoms with van der Waals surface area (Å²) in [4.78, 5) is 4.13. The Kier molecular flexibility index (Phi) is 3.98. The molecule has 0 spiro atoms. The average Bonchev–Trinajstić information content (AvgIpc) is 2.70. The number of aromatic nitrogens is 2. The number of nitrogens with zero attached hydrogens (tertiary/aromatic N) is 3. The van der Waals surface area contributed by atoms with Crippen molar-refractivity contribution in [2.75, 3.05) is 19.6 Å². The van der Waals surface area contributed by atoms with Crippen LogP contribution >= 0.6 is 0 Å². The Morgan fingerprint density at radius 1 is 1.53 bits per heavy atom. The maximum Gasteiger partial charge on any atom is 0.262 e. The van der Waals surface area contributed by atoms with Crippen molar-refractivity contribution >= 4 is 10.0 Å². The molecule has 1 fully saturated rings. The van der Waals surface area contributed by atoms with Gasteiger partial charge in [0.15, 0.2) is 5.03 Å². The molecule has 0 saturated carbocycles. The van der Waals surface area contributed by atoms with Gasteiger partial charge in [0.05, 0.1) is 0 Å². The Morgan fingerprint density at radius 2 is 2.21 bits per heavy atom. The maximum atomic E-state index is 12.5. The lowest BCUT2D eigenvalue weighted by Crippen LogP contribution is -2.45. The molecular weight excluding hydrogens is 264 g/mol. The highest BCUT2D eigenvalue weighted by molar-refractivity contribution is 7.89. The van der Waals surface area contributed by atoms with Crippen molar-refractivity contribution in [3.05, 3.63) is 12.0 Å². The van der Waals surface area contributed by atoms with Gasteiger partial charge in [0.2, 0.25) is 0 Å². The zero-order chi connectivity index (χ0) is 14.2. The molecule has 1 aromatic heterocycles. The van der Waals surface area contributed by atoms with Gasteiger partial charge in [-0.15, -0.1) is 0 Å². The molecular formula is C12H22N4O2S. The second kappa shape index (κ2) is 5.22. The van der Waals surface area contributed by atoms with E-state index in [1.807, 2.05) is 0 Å². The molecule has 0 radical (unpaired) electrons. The summed E-state index contributed by atoms with van der Waals surface area (Å²) in [6, 6.07) is 0. The Balaban J connectivity index is 2.25. The van der Waals surface area contributed by atoms with Gasteiger partial charge in [0, 0.05) is 26.3 Å². The summed E-state index contributed by atoms with van der Waals surface area (Å²) in [6.07, 6.45) is 2.42. The van der Waals surface area contributed by atoms with E-state index in [1.54, 1.807) is 24.7 Å². The quantitative estimate of drug-likeness (QED) is 0.868. The van der Waals surface area contributed by atoms with Crippen molar-refractivity contribution in [3.8, 4) is 0 Å². The van der Waals surface area contributed by atoms with E-state index < -0.39 is 10.0 Å². The number of piperidine rings is 1. The highest BCUT2D eigenvalue weighted by Gasteiger charge is 2.34. The normalized spacial score (nSPS) is 25.7. The maximum absolute atomic E-state index is 12.5. The molecule has 2 atom stereocenters. The Labute approximate surface area is 114 Å². The van der Waals surface area contributed by atoms with Crippen molar-refractivity contribution in [3.63, 3.8) is 0 Å². The third kappa shape index (κ3) is 2.68. The second-order valence-electron chi connectivity index (χ2n) is 5.36. The second-order valence-corrected chi connectivity index (χ2v) is 7.25. The van der Waals surface area contributed by atoms with Gasteiger partial charge >= 0.3 is 0 Å². The summed E-state index contributed by atoms with van der Waals surface area (Å²) >= 11 is 0. The molecule has 19 heavy (non-hydrogen) atoms. The van der Waals surface area contributed by atoms with E-state index in [1.165, 1.54) is 4.31 Å². The van der Waals surface area contributed by atoms with Crippen LogP contribution < -0.4 is 5.73 Å². The number of imidazole rings is 1. The summed E-state index contributed by atoms with van der Waals surface area (Å²) in [5, 5.41) is 0.137. The van der Waals surface area contributed by atoms with Crippen LogP contribution in [-0.2, 0) is 17.1 Å². The van der Waals surface area contributed by atoms with Crippen LogP contribution in [0.3, 0.4) is 0 Å². The van der Waals surface area contributed by atoms with Gasteiger partial charge in [-0.2, -0.15) is 4.31 Å². The number of sulfonamides is 1. The largest absolute Gasteiger partial charge is 0.337 e. The molecule has 1 aromatic rings. The van der Waals surface area contributed by atoms with Crippen molar-refractivity contribution in [2.24, 2.45) is 24.6 Å². The average molecular weight is 286 g/mol. The molecule has 2 N–H and O–H groups in total. The first kappa shape index (κ1) is 14.5. The van der Waals surface area contributed by atoms with Gasteiger partial charge in [0.25, 0.3) is 10.0 Å². The van der Waals surface area contributed by atoms with E-state index in [-0.39, 0.29) is 10.9 Å². The highest BCUT2D eigenvalue weighted by atomic mass is 32.2. The number of hydrogen-bond donors (Lipinski definition) is 1. The molecule has 1 aliphatic rings. The first-order valence-electron chi connectivity index (χ1n) is 6.56. The smallest absolute Gasteiger partial charge is 0.262 e. The lowest BCUT2D eigenvalue weighted by Gasteiger charge is -2.35. The lowest BCUT2D eigenvalue weighted by atomic mass is 9.88. The molecule has 2 heterocycles. The predicted octanol–water partition coefficient (Wildman–Crippen LogP) is 0.334. The van der Waals surface area contributed by atoms with Gasteiger partial charge in [-0.1, -0.05) is 6.92 Å². The molecule has 0 aliphatic carbocycles. The van der Waals surface area contributed by atoms with Crippen LogP contribution in [0.2, 0.25) is 0 Å². The van der Waals surface area contributed by atoms with Crippen molar-refractivity contribution in [1.29, 1.82) is 0 Å². The summed E-state index contributed by atoms with van der Waals surface area (Å²) in [5.74, 6) is 1.40. The van der Waals surface area contributed by atoms with Crippen molar-refractivity contribution in [2.45, 2.75) is 25.3 Å². The van der Waals surface area contributed by atoms with E-state index >= 15 is 0 Å². The molecule has 2 unspecified atom stereocenters. The predicted molar refractivity (Wildman–Crippen MR) is 73.0 cm³/mol. The fourth-order valence-corrected chi connectivity index (χ4v) is 3.96. The van der Waals surface area contributed by atoms with Crippen LogP contribution in [0, 0.1) is 18.8 Å². The topological polar surface area (TPSA) is 81.2 Å². The molecule has 108 valence electrons. The SMILES string of the molecule is Cc1nc(S(=O)(=O)N2CCC(C)C(CN)C2)cn1C. The zero-order valence-corrected chi connectivity index (χ0v) is 12.5. The molecule has 0 bridgehead atoms. The van der Waals surface area contributed by atoms with Crippen LogP contribution in [0.15, 0.2) is 11.2 Å². The molecule has 0 amide bonds. The summed E-state index contributed by atoms with van der Waals surface area (Å²) in [7, 11) is -1.69. The number of hydrogen-bond acceptors (Lipinski definition) is 4. The fourth-order valence-electron chi connectivity index (χ4n) is 2.42. The van der Waals surface area contributed by atoms with Crippen molar-refractivity contribution < 1.29 is 8.42 Å². The summed E-state index contributed by atoms with van der Waals surface area (Å²) in [6.45, 7) is 5.49. The third-order valence-corrected chi connectivity index (χ3v) is 5.81. The van der Waals surface area contributed by atoms with Crippen LogP contribution in [0.1, 0.15) is 19.2 Å². The van der Waals surface area contributed by atoms with E-state index in [0.29, 0.717) is 31.4 Å². The number of rotatable bonds is 3. The van der Waals surface area contributed by atoms with Gasteiger partial charge in [-0.25, -0.2) is 13.4 Å². The van der Waals surface area contributed by atoms with E-state index in [0.717, 1.165) is 6.42 Å². The van der Waals surface area contributed by atoms with Gasteiger partial charge < -0.3 is 10.3 Å². The van der Waals surface area contributed by atoms with Gasteiger partial charge in [0.1, 0.15) is 5.82 Å². The Hall–Kier alpha value is -0.920. The fraction of sp³-hybridized carbons (Fsp3) is 0.750. The van der Waals surface area contributed by atoms with Crippen molar-refractivity contribution in [1.82, 2.24) is 13.9 Å². The molecule has 1 aliphatic heterocycles. The third-order valence-electron chi connectivity index (χ3n) is 4.07. The summed E-state index contributed by atoms with van der Waals surface area (Å²) < 4.78 is 28.3. The van der Waals surface area contributed by atoms with Gasteiger partial charge in [-0.05, 0) is 31.7 Å². The van der Waals surface area contributed by atoms with E-state index in [9.17, 15) is 8.42 Å². The molecule has 0 aromatic carbocycles. The minimum Gasteiger partial charge on any atom is -0.337 e. The Bertz CT molecular complexity index is 533. The van der Waals surface area contributed by atoms with Crippen LogP contribution in [0.4, 0.5) is 0 Å². The molecule has 2 rings (SSSR count). The van der Waals surface area contributed by atoms with Crippen LogP contribution in [0.25, 0.3) is 0 Å². The van der Waals surface area contributed by atoms with Gasteiger partial charge in [-0.3, -0.25) is 0 Å². The van der Waals surface area contributed by atoms with Crippen LogP contribution in [-0.4, -0.2) is 41.9 Å². The molecule has 1 saturated heterocycles. The zero-order valence-electron chi connectivity index (χ0n) is 11.7. The first-order valence-corrected chi connectivity index (χ1v) is 8.00. The minimum atomic E-state index is -3.48. The van der Waals surface area contributed by atoms with Crippen LogP contribution in [0.5, 0.6) is 0 Å². The minimum absolute atomic E-state index is 0.137. The lowest BCUT2D eigenvalue weighted by molar-refractivity contribution is 0.203. The highest BCUT2D eigenvalue weighted by Crippen LogP contribution is 2.26. The molecule has 7 heteroatoms. The standard InChI is InChI=1S/C12H22N4O2S/c1-9-4-5-16(7-11(9)6-13)19(17,18)12-8-15(3)10(2)14-12/h8-9,11H,4-7,13H2,1-3H3. The van der Waals surface area contributed by atoms with E-state index in [2.05, 4.69) is 11.9 Å². The summed E-state index contributed by atoms with van der Waals surface area (Å²) in [5.41, 5.74) is 5.72. The molecule has 6 nitrogen and oxygen atoms in total. The number of aryl methyl sites for hydroxylation is 2. The van der Waals surface area contributed by atoms with E-state index in [4.69, 9.17) is 5.73 Å². The number of nitrogens with two attached hydrogens (primary N) is 1.